The van der Waals surface area contributed by atoms with Gasteiger partial charge in [0.1, 0.15) is 6.04 Å². The Bertz CT molecular complexity index is 416. The van der Waals surface area contributed by atoms with Gasteiger partial charge in [0.15, 0.2) is 0 Å². The molecule has 6 heteroatoms. The number of nitrogens with zero attached hydrogens (tertiary/aromatic N) is 1. The first-order chi connectivity index (χ1) is 8.24. The maximum atomic E-state index is 10.9. The number of carboxylic acids is 1. The summed E-state index contributed by atoms with van der Waals surface area (Å²) in [6.07, 6.45) is 0. The molecule has 0 unspecified atom stereocenters. The molecule has 4 nitrogen and oxygen atoms in total. The average Bonchev–Trinajstić information content (AvgIpc) is 2.74. The number of nitrogens with two attached hydrogens (primary N) is 1. The molecular weight excluding hydrogens is 268 g/mol. The van der Waals surface area contributed by atoms with E-state index in [0.717, 1.165) is 10.7 Å². The van der Waals surface area contributed by atoms with E-state index in [1.165, 1.54) is 11.8 Å². The monoisotopic (exact) mass is 288 g/mol. The lowest BCUT2D eigenvalue weighted by Crippen LogP contribution is -2.46. The van der Waals surface area contributed by atoms with E-state index in [1.807, 2.05) is 19.2 Å². The van der Waals surface area contributed by atoms with Crippen LogP contribution in [0.5, 0.6) is 0 Å². The molecule has 0 saturated carbocycles. The van der Waals surface area contributed by atoms with Crippen molar-refractivity contribution < 1.29 is 9.90 Å². The van der Waals surface area contributed by atoms with Crippen LogP contribution in [-0.4, -0.2) is 26.8 Å². The smallest absolute Gasteiger partial charge is 0.321 e. The van der Waals surface area contributed by atoms with Crippen molar-refractivity contribution in [1.82, 2.24) is 4.98 Å². The van der Waals surface area contributed by atoms with E-state index in [4.69, 9.17) is 10.8 Å². The Hall–Kier alpha value is -0.590. The maximum absolute atomic E-state index is 10.9. The predicted octanol–water partition coefficient (Wildman–Crippen LogP) is 2.69. The van der Waals surface area contributed by atoms with E-state index in [0.29, 0.717) is 11.7 Å². The lowest BCUT2D eigenvalue weighted by atomic mass is 10.1. The van der Waals surface area contributed by atoms with E-state index in [-0.39, 0.29) is 0 Å². The number of aromatic nitrogens is 1. The molecule has 18 heavy (non-hydrogen) atoms. The topological polar surface area (TPSA) is 76.2 Å². The molecule has 1 aromatic rings. The molecule has 0 aromatic carbocycles. The number of hydrogen-bond acceptors (Lipinski definition) is 5. The SMILES string of the molecule is CC(C)c1nc(CSC(C)(C)[C@H](N)C(=O)O)cs1. The van der Waals surface area contributed by atoms with Crippen molar-refractivity contribution in [3.63, 3.8) is 0 Å². The van der Waals surface area contributed by atoms with Crippen LogP contribution in [0, 0.1) is 0 Å². The van der Waals surface area contributed by atoms with Crippen molar-refractivity contribution in [3.05, 3.63) is 16.1 Å². The highest BCUT2D eigenvalue weighted by Crippen LogP contribution is 2.31. The second kappa shape index (κ2) is 6.04. The number of thiazole rings is 1. The highest BCUT2D eigenvalue weighted by Gasteiger charge is 2.32. The van der Waals surface area contributed by atoms with Gasteiger partial charge >= 0.3 is 5.97 Å². The van der Waals surface area contributed by atoms with E-state index < -0.39 is 16.8 Å². The summed E-state index contributed by atoms with van der Waals surface area (Å²) in [5.41, 5.74) is 6.67. The number of aliphatic carboxylic acids is 1. The van der Waals surface area contributed by atoms with Crippen molar-refractivity contribution in [2.24, 2.45) is 5.73 Å². The summed E-state index contributed by atoms with van der Waals surface area (Å²) >= 11 is 3.18. The van der Waals surface area contributed by atoms with Crippen molar-refractivity contribution in [3.8, 4) is 0 Å². The first-order valence-electron chi connectivity index (χ1n) is 5.80. The Morgan fingerprint density at radius 1 is 1.61 bits per heavy atom. The fourth-order valence-corrected chi connectivity index (χ4v) is 3.19. The molecule has 0 radical (unpaired) electrons. The van der Waals surface area contributed by atoms with Gasteiger partial charge in [-0.05, 0) is 13.8 Å². The lowest BCUT2D eigenvalue weighted by Gasteiger charge is -2.27. The van der Waals surface area contributed by atoms with Gasteiger partial charge in [0.2, 0.25) is 0 Å². The summed E-state index contributed by atoms with van der Waals surface area (Å²) in [5.74, 6) is 0.161. The second-order valence-corrected chi connectivity index (χ2v) is 7.56. The van der Waals surface area contributed by atoms with Gasteiger partial charge in [0.05, 0.1) is 10.7 Å². The van der Waals surface area contributed by atoms with Gasteiger partial charge in [-0.1, -0.05) is 13.8 Å². The second-order valence-electron chi connectivity index (χ2n) is 5.04. The van der Waals surface area contributed by atoms with Crippen LogP contribution in [-0.2, 0) is 10.5 Å². The predicted molar refractivity (Wildman–Crippen MR) is 77.2 cm³/mol. The van der Waals surface area contributed by atoms with Gasteiger partial charge in [-0.25, -0.2) is 4.98 Å². The molecular formula is C12H20N2O2S2. The van der Waals surface area contributed by atoms with Gasteiger partial charge in [0.25, 0.3) is 0 Å². The third-order valence-electron chi connectivity index (χ3n) is 2.67. The van der Waals surface area contributed by atoms with Crippen molar-refractivity contribution in [1.29, 1.82) is 0 Å². The molecule has 0 amide bonds. The highest BCUT2D eigenvalue weighted by molar-refractivity contribution is 7.99. The quantitative estimate of drug-likeness (QED) is 0.841. The molecule has 3 N–H and O–H groups in total. The number of carboxylic acid groups (broad SMARTS) is 1. The lowest BCUT2D eigenvalue weighted by molar-refractivity contribution is -0.139. The summed E-state index contributed by atoms with van der Waals surface area (Å²) < 4.78 is -0.507. The van der Waals surface area contributed by atoms with Crippen molar-refractivity contribution in [2.75, 3.05) is 0 Å². The summed E-state index contributed by atoms with van der Waals surface area (Å²) in [6.45, 7) is 7.93. The summed E-state index contributed by atoms with van der Waals surface area (Å²) in [4.78, 5) is 15.4. The molecule has 0 aliphatic heterocycles. The van der Waals surface area contributed by atoms with Crippen LogP contribution < -0.4 is 5.73 Å². The maximum Gasteiger partial charge on any atom is 0.321 e. The van der Waals surface area contributed by atoms with Crippen LogP contribution in [0.2, 0.25) is 0 Å². The molecule has 0 fully saturated rings. The molecule has 0 bridgehead atoms. The fraction of sp³-hybridized carbons (Fsp3) is 0.667. The zero-order valence-electron chi connectivity index (χ0n) is 11.1. The first-order valence-corrected chi connectivity index (χ1v) is 7.67. The number of rotatable bonds is 6. The van der Waals surface area contributed by atoms with Crippen molar-refractivity contribution in [2.45, 2.75) is 50.2 Å². The van der Waals surface area contributed by atoms with Crippen molar-refractivity contribution >= 4 is 29.1 Å². The Labute approximate surface area is 116 Å². The van der Waals surface area contributed by atoms with E-state index in [9.17, 15) is 4.79 Å². The van der Waals surface area contributed by atoms with E-state index >= 15 is 0 Å². The van der Waals surface area contributed by atoms with Gasteiger partial charge in [-0.3, -0.25) is 4.79 Å². The van der Waals surface area contributed by atoms with Gasteiger partial charge in [-0.15, -0.1) is 23.1 Å². The Morgan fingerprint density at radius 2 is 2.22 bits per heavy atom. The van der Waals surface area contributed by atoms with Crippen LogP contribution in [0.15, 0.2) is 5.38 Å². The number of carbonyl (C=O) groups is 1. The Kier molecular flexibility index (Phi) is 5.19. The molecule has 1 atom stereocenters. The Balaban J connectivity index is 2.61. The minimum Gasteiger partial charge on any atom is -0.480 e. The van der Waals surface area contributed by atoms with Crippen LogP contribution in [0.25, 0.3) is 0 Å². The standard InChI is InChI=1S/C12H20N2O2S2/c1-7(2)10-14-8(5-17-10)6-18-12(3,4)9(13)11(15)16/h5,7,9H,6,13H2,1-4H3,(H,15,16)/t9-/m1/s1. The van der Waals surface area contributed by atoms with Crippen LogP contribution in [0.3, 0.4) is 0 Å². The summed E-state index contributed by atoms with van der Waals surface area (Å²) in [7, 11) is 0. The van der Waals surface area contributed by atoms with Crippen LogP contribution >= 0.6 is 23.1 Å². The highest BCUT2D eigenvalue weighted by atomic mass is 32.2. The molecule has 0 aliphatic carbocycles. The molecule has 1 rings (SSSR count). The Morgan fingerprint density at radius 3 is 2.67 bits per heavy atom. The number of thioether (sulfide) groups is 1. The molecule has 0 spiro atoms. The van der Waals surface area contributed by atoms with E-state index in [1.54, 1.807) is 11.3 Å². The summed E-state index contributed by atoms with van der Waals surface area (Å²) in [6, 6.07) is -0.870. The van der Waals surface area contributed by atoms with Gasteiger partial charge < -0.3 is 10.8 Å². The molecule has 0 saturated heterocycles. The normalized spacial score (nSPS) is 13.9. The largest absolute Gasteiger partial charge is 0.480 e. The zero-order valence-corrected chi connectivity index (χ0v) is 12.8. The zero-order chi connectivity index (χ0) is 13.9. The molecule has 1 aromatic heterocycles. The minimum atomic E-state index is -0.964. The fourth-order valence-electron chi connectivity index (χ4n) is 1.30. The molecule has 1 heterocycles. The third kappa shape index (κ3) is 3.96. The van der Waals surface area contributed by atoms with Crippen LogP contribution in [0.1, 0.15) is 44.3 Å². The van der Waals surface area contributed by atoms with Gasteiger partial charge in [-0.2, -0.15) is 0 Å². The summed E-state index contributed by atoms with van der Waals surface area (Å²) in [5, 5.41) is 12.1. The first kappa shape index (κ1) is 15.5. The number of hydrogen-bond donors (Lipinski definition) is 2. The minimum absolute atomic E-state index is 0.433. The average molecular weight is 288 g/mol. The molecule has 102 valence electrons. The third-order valence-corrected chi connectivity index (χ3v) is 5.30. The van der Waals surface area contributed by atoms with Gasteiger partial charge in [0, 0.05) is 21.8 Å². The van der Waals surface area contributed by atoms with E-state index in [2.05, 4.69) is 18.8 Å². The molecule has 0 aliphatic rings. The van der Waals surface area contributed by atoms with Crippen LogP contribution in [0.4, 0.5) is 0 Å².